The number of rotatable bonds is 8. The molecule has 4 heteroatoms. The Morgan fingerprint density at radius 3 is 2.12 bits per heavy atom. The van der Waals surface area contributed by atoms with Crippen LogP contribution in [0.1, 0.15) is 39.2 Å². The Balaban J connectivity index is 2.10. The van der Waals surface area contributed by atoms with E-state index in [-0.39, 0.29) is 12.0 Å². The largest absolute Gasteiger partial charge is 0.465 e. The zero-order valence-electron chi connectivity index (χ0n) is 15.9. The summed E-state index contributed by atoms with van der Waals surface area (Å²) >= 11 is 0. The van der Waals surface area contributed by atoms with Gasteiger partial charge in [-0.25, -0.2) is 4.79 Å². The Morgan fingerprint density at radius 2 is 1.58 bits per heavy atom. The van der Waals surface area contributed by atoms with Gasteiger partial charge in [0.25, 0.3) is 0 Å². The van der Waals surface area contributed by atoms with Crippen molar-refractivity contribution in [2.45, 2.75) is 44.6 Å². The molecule has 1 unspecified atom stereocenters. The Kier molecular flexibility index (Phi) is 6.57. The number of esters is 1. The fourth-order valence-corrected chi connectivity index (χ4v) is 2.94. The maximum absolute atomic E-state index is 12.0. The molecular weight excluding hydrogens is 326 g/mol. The van der Waals surface area contributed by atoms with Crippen molar-refractivity contribution in [2.75, 3.05) is 13.2 Å². The number of carbonyl (C=O) groups excluding carboxylic acids is 1. The summed E-state index contributed by atoms with van der Waals surface area (Å²) in [5, 5.41) is 9.59. The topological polar surface area (TPSA) is 72.5 Å². The highest BCUT2D eigenvalue weighted by Crippen LogP contribution is 2.32. The monoisotopic (exact) mass is 355 g/mol. The van der Waals surface area contributed by atoms with Crippen LogP contribution in [0.15, 0.2) is 54.6 Å². The van der Waals surface area contributed by atoms with Crippen LogP contribution >= 0.6 is 0 Å². The molecule has 26 heavy (non-hydrogen) atoms. The van der Waals surface area contributed by atoms with Crippen LogP contribution in [0.25, 0.3) is 11.1 Å². The van der Waals surface area contributed by atoms with Gasteiger partial charge in [0, 0.05) is 0 Å². The molecule has 0 heterocycles. The minimum Gasteiger partial charge on any atom is -0.465 e. The number of ether oxygens (including phenoxy) is 1. The van der Waals surface area contributed by atoms with Crippen molar-refractivity contribution in [2.24, 2.45) is 5.73 Å². The van der Waals surface area contributed by atoms with Crippen molar-refractivity contribution < 1.29 is 14.6 Å². The third-order valence-electron chi connectivity index (χ3n) is 4.93. The van der Waals surface area contributed by atoms with E-state index in [2.05, 4.69) is 50.2 Å². The van der Waals surface area contributed by atoms with Gasteiger partial charge in [-0.15, -0.1) is 0 Å². The summed E-state index contributed by atoms with van der Waals surface area (Å²) in [6.45, 7) is 5.80. The second-order valence-corrected chi connectivity index (χ2v) is 7.36. The molecule has 0 aromatic heterocycles. The highest BCUT2D eigenvalue weighted by Gasteiger charge is 2.37. The van der Waals surface area contributed by atoms with Gasteiger partial charge in [-0.3, -0.25) is 0 Å². The highest BCUT2D eigenvalue weighted by molar-refractivity contribution is 5.80. The molecule has 3 N–H and O–H groups in total. The number of hydrogen-bond acceptors (Lipinski definition) is 4. The number of aliphatic hydroxyl groups excluding tert-OH is 1. The van der Waals surface area contributed by atoms with Crippen molar-refractivity contribution in [1.82, 2.24) is 0 Å². The summed E-state index contributed by atoms with van der Waals surface area (Å²) < 4.78 is 5.01. The second-order valence-electron chi connectivity index (χ2n) is 7.36. The lowest BCUT2D eigenvalue weighted by Gasteiger charge is -2.31. The van der Waals surface area contributed by atoms with Crippen LogP contribution in [0.4, 0.5) is 0 Å². The molecule has 0 amide bonds. The SMILES string of the molecule is CCOC(=O)C(N)(CO)CCC(C)(C)c1ccc(-c2ccccc2)cc1. The number of nitrogens with two attached hydrogens (primary N) is 1. The molecule has 0 aliphatic rings. The lowest BCUT2D eigenvalue weighted by Crippen LogP contribution is -2.53. The first-order valence-corrected chi connectivity index (χ1v) is 9.05. The van der Waals surface area contributed by atoms with Crippen LogP contribution in [-0.4, -0.2) is 29.8 Å². The minimum absolute atomic E-state index is 0.179. The number of carbonyl (C=O) groups is 1. The third kappa shape index (κ3) is 4.71. The molecule has 0 saturated heterocycles. The average molecular weight is 355 g/mol. The molecule has 0 aliphatic carbocycles. The van der Waals surface area contributed by atoms with Gasteiger partial charge in [-0.05, 0) is 41.9 Å². The van der Waals surface area contributed by atoms with Gasteiger partial charge in [0.05, 0.1) is 13.2 Å². The van der Waals surface area contributed by atoms with Crippen molar-refractivity contribution in [3.63, 3.8) is 0 Å². The summed E-state index contributed by atoms with van der Waals surface area (Å²) in [7, 11) is 0. The maximum Gasteiger partial charge on any atom is 0.328 e. The van der Waals surface area contributed by atoms with Crippen molar-refractivity contribution in [3.05, 3.63) is 60.2 Å². The van der Waals surface area contributed by atoms with E-state index in [1.54, 1.807) is 6.92 Å². The van der Waals surface area contributed by atoms with Gasteiger partial charge in [-0.2, -0.15) is 0 Å². The molecule has 0 saturated carbocycles. The summed E-state index contributed by atoms with van der Waals surface area (Å²) in [4.78, 5) is 12.0. The number of benzene rings is 2. The molecular formula is C22H29NO3. The Morgan fingerprint density at radius 1 is 1.00 bits per heavy atom. The molecule has 0 radical (unpaired) electrons. The van der Waals surface area contributed by atoms with Gasteiger partial charge < -0.3 is 15.6 Å². The van der Waals surface area contributed by atoms with E-state index in [1.807, 2.05) is 18.2 Å². The quantitative estimate of drug-likeness (QED) is 0.709. The molecule has 0 bridgehead atoms. The third-order valence-corrected chi connectivity index (χ3v) is 4.93. The van der Waals surface area contributed by atoms with Crippen molar-refractivity contribution >= 4 is 5.97 Å². The lowest BCUT2D eigenvalue weighted by atomic mass is 9.77. The van der Waals surface area contributed by atoms with Crippen molar-refractivity contribution in [1.29, 1.82) is 0 Å². The first kappa shape index (κ1) is 20.1. The predicted octanol–water partition coefficient (Wildman–Crippen LogP) is 3.66. The van der Waals surface area contributed by atoms with Crippen LogP contribution < -0.4 is 5.73 Å². The average Bonchev–Trinajstić information content (AvgIpc) is 2.67. The lowest BCUT2D eigenvalue weighted by molar-refractivity contribution is -0.151. The first-order valence-electron chi connectivity index (χ1n) is 9.05. The summed E-state index contributed by atoms with van der Waals surface area (Å²) in [6.07, 6.45) is 1.02. The maximum atomic E-state index is 12.0. The second kappa shape index (κ2) is 8.47. The molecule has 140 valence electrons. The van der Waals surface area contributed by atoms with Gasteiger partial charge in [0.15, 0.2) is 0 Å². The summed E-state index contributed by atoms with van der Waals surface area (Å²) in [5.41, 5.74) is 8.07. The molecule has 2 aromatic rings. The van der Waals surface area contributed by atoms with Gasteiger partial charge in [0.1, 0.15) is 5.54 Å². The summed E-state index contributed by atoms with van der Waals surface area (Å²) in [5.74, 6) is -0.544. The molecule has 0 fully saturated rings. The molecule has 0 aliphatic heterocycles. The van der Waals surface area contributed by atoms with Crippen molar-refractivity contribution in [3.8, 4) is 11.1 Å². The normalized spacial score (nSPS) is 13.9. The van der Waals surface area contributed by atoms with E-state index < -0.39 is 18.1 Å². The van der Waals surface area contributed by atoms with E-state index in [1.165, 1.54) is 16.7 Å². The Hall–Kier alpha value is -2.17. The Labute approximate surface area is 156 Å². The summed E-state index contributed by atoms with van der Waals surface area (Å²) in [6, 6.07) is 18.7. The molecule has 0 spiro atoms. The standard InChI is InChI=1S/C22H29NO3/c1-4-26-20(25)22(23,16-24)15-14-21(2,3)19-12-10-18(11-13-19)17-8-6-5-7-9-17/h5-13,24H,4,14-16,23H2,1-3H3. The van der Waals surface area contributed by atoms with Crippen LogP contribution in [-0.2, 0) is 14.9 Å². The Bertz CT molecular complexity index is 710. The van der Waals surface area contributed by atoms with Crippen LogP contribution in [0.5, 0.6) is 0 Å². The van der Waals surface area contributed by atoms with E-state index in [9.17, 15) is 9.90 Å². The molecule has 1 atom stereocenters. The van der Waals surface area contributed by atoms with E-state index >= 15 is 0 Å². The highest BCUT2D eigenvalue weighted by atomic mass is 16.5. The van der Waals surface area contributed by atoms with Gasteiger partial charge in [0.2, 0.25) is 0 Å². The molecule has 4 nitrogen and oxygen atoms in total. The van der Waals surface area contributed by atoms with Gasteiger partial charge in [-0.1, -0.05) is 68.4 Å². The first-order chi connectivity index (χ1) is 12.3. The van der Waals surface area contributed by atoms with Gasteiger partial charge >= 0.3 is 5.97 Å². The van der Waals surface area contributed by atoms with E-state index in [4.69, 9.17) is 10.5 Å². The van der Waals surface area contributed by atoms with Crippen LogP contribution in [0.3, 0.4) is 0 Å². The minimum atomic E-state index is -1.35. The zero-order chi connectivity index (χ0) is 19.2. The smallest absolute Gasteiger partial charge is 0.328 e. The number of hydrogen-bond donors (Lipinski definition) is 2. The molecule has 2 rings (SSSR count). The van der Waals surface area contributed by atoms with Crippen LogP contribution in [0.2, 0.25) is 0 Å². The van der Waals surface area contributed by atoms with Crippen LogP contribution in [0, 0.1) is 0 Å². The fourth-order valence-electron chi connectivity index (χ4n) is 2.94. The molecule has 2 aromatic carbocycles. The fraction of sp³-hybridized carbons (Fsp3) is 0.409. The predicted molar refractivity (Wildman–Crippen MR) is 105 cm³/mol. The van der Waals surface area contributed by atoms with E-state index in [0.29, 0.717) is 12.8 Å². The number of aliphatic hydroxyl groups is 1. The zero-order valence-corrected chi connectivity index (χ0v) is 15.9. The van der Waals surface area contributed by atoms with E-state index in [0.717, 1.165) is 0 Å².